The van der Waals surface area contributed by atoms with Crippen LogP contribution in [0.25, 0.3) is 0 Å². The molecule has 1 heterocycles. The first-order valence-electron chi connectivity index (χ1n) is 5.81. The Kier molecular flexibility index (Phi) is 4.81. The van der Waals surface area contributed by atoms with Crippen molar-refractivity contribution in [3.8, 4) is 0 Å². The minimum absolute atomic E-state index is 0.335. The highest BCUT2D eigenvalue weighted by atomic mass is 32.1. The fraction of sp³-hybridized carbons (Fsp3) is 0.583. The van der Waals surface area contributed by atoms with Crippen molar-refractivity contribution in [3.63, 3.8) is 0 Å². The average molecular weight is 252 g/mol. The molecule has 94 valence electrons. The minimum Gasteiger partial charge on any atom is -0.389 e. The summed E-state index contributed by atoms with van der Waals surface area (Å²) in [5.41, 5.74) is 6.52. The molecule has 0 aliphatic rings. The van der Waals surface area contributed by atoms with E-state index in [2.05, 4.69) is 42.8 Å². The molecule has 0 aliphatic heterocycles. The van der Waals surface area contributed by atoms with Gasteiger partial charge < -0.3 is 10.6 Å². The first kappa shape index (κ1) is 13.8. The third kappa shape index (κ3) is 3.63. The molecule has 0 aliphatic carbocycles. The van der Waals surface area contributed by atoms with E-state index in [1.807, 2.05) is 6.07 Å². The van der Waals surface area contributed by atoms with Gasteiger partial charge in [0, 0.05) is 12.6 Å². The molecule has 0 saturated carbocycles. The van der Waals surface area contributed by atoms with E-state index < -0.39 is 0 Å². The number of thiocarbonyl (C=S) groups is 1. The molecule has 1 rings (SSSR count). The molecule has 0 unspecified atom stereocenters. The molecule has 0 aromatic carbocycles. The standard InChI is InChI=1S/C12H20N4S/c1-8(2)7-16(9(3)4)12-10(11(13)17)5-6-14-15-12/h5-6,8-9H,7H2,1-4H3,(H2,13,17). The van der Waals surface area contributed by atoms with Crippen molar-refractivity contribution < 1.29 is 0 Å². The van der Waals surface area contributed by atoms with E-state index in [1.165, 1.54) is 0 Å². The Balaban J connectivity index is 3.13. The Labute approximate surface area is 108 Å². The van der Waals surface area contributed by atoms with Gasteiger partial charge in [0.05, 0.1) is 11.8 Å². The van der Waals surface area contributed by atoms with Crippen LogP contribution in [0.4, 0.5) is 5.82 Å². The molecule has 0 radical (unpaired) electrons. The van der Waals surface area contributed by atoms with Gasteiger partial charge in [-0.1, -0.05) is 26.1 Å². The normalized spacial score (nSPS) is 10.9. The Morgan fingerprint density at radius 2 is 2.06 bits per heavy atom. The summed E-state index contributed by atoms with van der Waals surface area (Å²) in [6.45, 7) is 9.51. The van der Waals surface area contributed by atoms with Gasteiger partial charge in [-0.15, -0.1) is 5.10 Å². The maximum Gasteiger partial charge on any atom is 0.161 e. The predicted molar refractivity (Wildman–Crippen MR) is 75.2 cm³/mol. The quantitative estimate of drug-likeness (QED) is 0.812. The fourth-order valence-corrected chi connectivity index (χ4v) is 1.82. The molecular weight excluding hydrogens is 232 g/mol. The molecule has 0 bridgehead atoms. The van der Waals surface area contributed by atoms with Crippen molar-refractivity contribution in [2.45, 2.75) is 33.7 Å². The molecule has 0 spiro atoms. The highest BCUT2D eigenvalue weighted by Crippen LogP contribution is 2.20. The SMILES string of the molecule is CC(C)CN(c1nnccc1C(N)=S)C(C)C. The summed E-state index contributed by atoms with van der Waals surface area (Å²) in [7, 11) is 0. The van der Waals surface area contributed by atoms with Gasteiger partial charge in [0.1, 0.15) is 4.99 Å². The molecule has 0 fully saturated rings. The molecule has 0 amide bonds. The van der Waals surface area contributed by atoms with Crippen LogP contribution in [-0.4, -0.2) is 27.8 Å². The van der Waals surface area contributed by atoms with Crippen molar-refractivity contribution in [2.24, 2.45) is 11.7 Å². The summed E-state index contributed by atoms with van der Waals surface area (Å²) in [5.74, 6) is 1.32. The number of nitrogens with zero attached hydrogens (tertiary/aromatic N) is 3. The number of rotatable bonds is 5. The average Bonchev–Trinajstić information content (AvgIpc) is 2.25. The monoisotopic (exact) mass is 252 g/mol. The van der Waals surface area contributed by atoms with Crippen LogP contribution in [0.5, 0.6) is 0 Å². The summed E-state index contributed by atoms with van der Waals surface area (Å²) < 4.78 is 0. The number of hydrogen-bond donors (Lipinski definition) is 1. The zero-order valence-corrected chi connectivity index (χ0v) is 11.7. The van der Waals surface area contributed by atoms with Crippen LogP contribution >= 0.6 is 12.2 Å². The van der Waals surface area contributed by atoms with Crippen molar-refractivity contribution in [1.29, 1.82) is 0 Å². The first-order valence-corrected chi connectivity index (χ1v) is 6.22. The lowest BCUT2D eigenvalue weighted by Gasteiger charge is -2.30. The van der Waals surface area contributed by atoms with Crippen molar-refractivity contribution in [2.75, 3.05) is 11.4 Å². The van der Waals surface area contributed by atoms with E-state index in [-0.39, 0.29) is 0 Å². The Bertz CT molecular complexity index is 390. The maximum absolute atomic E-state index is 5.72. The van der Waals surface area contributed by atoms with E-state index in [9.17, 15) is 0 Å². The topological polar surface area (TPSA) is 55.0 Å². The van der Waals surface area contributed by atoms with Crippen LogP contribution in [0.3, 0.4) is 0 Å². The van der Waals surface area contributed by atoms with Gasteiger partial charge in [0.2, 0.25) is 0 Å². The van der Waals surface area contributed by atoms with Gasteiger partial charge >= 0.3 is 0 Å². The predicted octanol–water partition coefficient (Wildman–Crippen LogP) is 1.98. The van der Waals surface area contributed by atoms with Gasteiger partial charge in [-0.05, 0) is 25.8 Å². The third-order valence-electron chi connectivity index (χ3n) is 2.42. The maximum atomic E-state index is 5.72. The zero-order valence-electron chi connectivity index (χ0n) is 10.8. The lowest BCUT2D eigenvalue weighted by Crippen LogP contribution is -2.36. The van der Waals surface area contributed by atoms with Crippen molar-refractivity contribution in [1.82, 2.24) is 10.2 Å². The molecule has 0 saturated heterocycles. The van der Waals surface area contributed by atoms with Gasteiger partial charge in [0.15, 0.2) is 5.82 Å². The first-order chi connectivity index (χ1) is 7.93. The number of nitrogens with two attached hydrogens (primary N) is 1. The summed E-state index contributed by atoms with van der Waals surface area (Å²) >= 11 is 5.05. The summed E-state index contributed by atoms with van der Waals surface area (Å²) in [6.07, 6.45) is 1.62. The molecule has 2 N–H and O–H groups in total. The second kappa shape index (κ2) is 5.91. The lowest BCUT2D eigenvalue weighted by atomic mass is 10.1. The van der Waals surface area contributed by atoms with Crippen LogP contribution < -0.4 is 10.6 Å². The summed E-state index contributed by atoms with van der Waals surface area (Å²) in [5, 5.41) is 8.11. The third-order valence-corrected chi connectivity index (χ3v) is 2.64. The summed E-state index contributed by atoms with van der Waals surface area (Å²) in [6, 6.07) is 2.16. The van der Waals surface area contributed by atoms with Gasteiger partial charge in [0.25, 0.3) is 0 Å². The van der Waals surface area contributed by atoms with E-state index in [1.54, 1.807) is 6.20 Å². The van der Waals surface area contributed by atoms with Crippen LogP contribution in [0.2, 0.25) is 0 Å². The van der Waals surface area contributed by atoms with Crippen molar-refractivity contribution in [3.05, 3.63) is 17.8 Å². The van der Waals surface area contributed by atoms with Crippen molar-refractivity contribution >= 4 is 23.0 Å². The second-order valence-corrected chi connectivity index (χ2v) is 5.21. The Morgan fingerprint density at radius 1 is 1.41 bits per heavy atom. The number of anilines is 1. The van der Waals surface area contributed by atoms with Crippen LogP contribution in [0, 0.1) is 5.92 Å². The van der Waals surface area contributed by atoms with Gasteiger partial charge in [-0.25, -0.2) is 0 Å². The van der Waals surface area contributed by atoms with E-state index >= 15 is 0 Å². The zero-order chi connectivity index (χ0) is 13.0. The van der Waals surface area contributed by atoms with Crippen LogP contribution in [0.15, 0.2) is 12.3 Å². The highest BCUT2D eigenvalue weighted by molar-refractivity contribution is 7.80. The largest absolute Gasteiger partial charge is 0.389 e. The van der Waals surface area contributed by atoms with E-state index in [4.69, 9.17) is 18.0 Å². The van der Waals surface area contributed by atoms with Crippen LogP contribution in [-0.2, 0) is 0 Å². The molecule has 1 aromatic rings. The summed E-state index contributed by atoms with van der Waals surface area (Å²) in [4.78, 5) is 2.55. The van der Waals surface area contributed by atoms with Crippen LogP contribution in [0.1, 0.15) is 33.3 Å². The minimum atomic E-state index is 0.335. The Morgan fingerprint density at radius 3 is 2.53 bits per heavy atom. The molecule has 1 aromatic heterocycles. The number of aromatic nitrogens is 2. The smallest absolute Gasteiger partial charge is 0.161 e. The second-order valence-electron chi connectivity index (χ2n) is 4.77. The van der Waals surface area contributed by atoms with E-state index in [0.29, 0.717) is 16.9 Å². The molecule has 5 heteroatoms. The number of hydrogen-bond acceptors (Lipinski definition) is 4. The molecule has 0 atom stereocenters. The highest BCUT2D eigenvalue weighted by Gasteiger charge is 2.18. The molecule has 4 nitrogen and oxygen atoms in total. The van der Waals surface area contributed by atoms with Gasteiger partial charge in [-0.3, -0.25) is 0 Å². The fourth-order valence-electron chi connectivity index (χ4n) is 1.66. The molecule has 17 heavy (non-hydrogen) atoms. The van der Waals surface area contributed by atoms with E-state index in [0.717, 1.165) is 17.9 Å². The lowest BCUT2D eigenvalue weighted by molar-refractivity contribution is 0.563. The van der Waals surface area contributed by atoms with Gasteiger partial charge in [-0.2, -0.15) is 5.10 Å². The Hall–Kier alpha value is -1.23. The molecular formula is C12H20N4S.